The fraction of sp³-hybridized carbons (Fsp3) is 0. The zero-order valence-corrected chi connectivity index (χ0v) is 15.9. The van der Waals surface area contributed by atoms with E-state index < -0.39 is 11.9 Å². The van der Waals surface area contributed by atoms with Crippen molar-refractivity contribution in [3.63, 3.8) is 0 Å². The van der Waals surface area contributed by atoms with Crippen molar-refractivity contribution in [2.24, 2.45) is 0 Å². The molecule has 1 heterocycles. The zero-order chi connectivity index (χ0) is 20.1. The van der Waals surface area contributed by atoms with Crippen LogP contribution in [0.5, 0.6) is 0 Å². The first-order chi connectivity index (χ1) is 13.5. The number of carboxylic acid groups (broad SMARTS) is 1. The second-order valence-electron chi connectivity index (χ2n) is 5.72. The number of halogens is 1. The number of hydrogen-bond acceptors (Lipinski definition) is 4. The average Bonchev–Trinajstić information content (AvgIpc) is 3.16. The van der Waals surface area contributed by atoms with Gasteiger partial charge in [0.05, 0.1) is 5.56 Å². The van der Waals surface area contributed by atoms with Gasteiger partial charge < -0.3 is 14.8 Å². The van der Waals surface area contributed by atoms with E-state index in [1.807, 2.05) is 6.07 Å². The maximum atomic E-state index is 12.3. The van der Waals surface area contributed by atoms with Gasteiger partial charge in [-0.1, -0.05) is 28.1 Å². The van der Waals surface area contributed by atoms with Crippen molar-refractivity contribution >= 4 is 39.6 Å². The van der Waals surface area contributed by atoms with Crippen LogP contribution in [0.4, 0.5) is 5.69 Å². The first-order valence-corrected chi connectivity index (χ1v) is 8.88. The molecule has 3 rings (SSSR count). The van der Waals surface area contributed by atoms with Gasteiger partial charge in [-0.05, 0) is 48.5 Å². The highest BCUT2D eigenvalue weighted by atomic mass is 79.9. The number of anilines is 1. The average molecular weight is 437 g/mol. The molecular weight excluding hydrogens is 424 g/mol. The van der Waals surface area contributed by atoms with E-state index >= 15 is 0 Å². The number of nitrogens with one attached hydrogen (secondary N) is 1. The number of carboxylic acids is 1. The molecule has 0 saturated carbocycles. The summed E-state index contributed by atoms with van der Waals surface area (Å²) in [4.78, 5) is 23.4. The largest absolute Gasteiger partial charge is 0.478 e. The minimum atomic E-state index is -1.04. The Morgan fingerprint density at radius 1 is 1.11 bits per heavy atom. The lowest BCUT2D eigenvalue weighted by Crippen LogP contribution is -2.13. The van der Waals surface area contributed by atoms with Gasteiger partial charge in [0, 0.05) is 21.8 Å². The Labute approximate surface area is 168 Å². The number of amides is 1. The molecule has 0 aliphatic rings. The number of carbonyl (C=O) groups excluding carboxylic acids is 1. The molecule has 7 heteroatoms. The van der Waals surface area contributed by atoms with Crippen molar-refractivity contribution < 1.29 is 19.1 Å². The first-order valence-electron chi connectivity index (χ1n) is 8.08. The molecule has 28 heavy (non-hydrogen) atoms. The summed E-state index contributed by atoms with van der Waals surface area (Å²) < 4.78 is 6.52. The number of benzene rings is 2. The third-order valence-electron chi connectivity index (χ3n) is 3.77. The lowest BCUT2D eigenvalue weighted by molar-refractivity contribution is -0.112. The van der Waals surface area contributed by atoms with E-state index in [1.165, 1.54) is 18.2 Å². The summed E-state index contributed by atoms with van der Waals surface area (Å²) in [5.41, 5.74) is 1.15. The number of carbonyl (C=O) groups is 2. The van der Waals surface area contributed by atoms with Gasteiger partial charge in [0.25, 0.3) is 5.91 Å². The van der Waals surface area contributed by atoms with Crippen LogP contribution in [-0.2, 0) is 4.79 Å². The number of nitrogens with zero attached hydrogens (tertiary/aromatic N) is 1. The van der Waals surface area contributed by atoms with Crippen molar-refractivity contribution in [2.45, 2.75) is 0 Å². The molecule has 0 aliphatic heterocycles. The van der Waals surface area contributed by atoms with Crippen LogP contribution in [-0.4, -0.2) is 17.0 Å². The topological polar surface area (TPSA) is 103 Å². The highest BCUT2D eigenvalue weighted by Gasteiger charge is 2.12. The van der Waals surface area contributed by atoms with Crippen LogP contribution in [0.2, 0.25) is 0 Å². The first kappa shape index (κ1) is 19.1. The normalized spacial score (nSPS) is 10.9. The third kappa shape index (κ3) is 4.55. The van der Waals surface area contributed by atoms with Gasteiger partial charge in [-0.15, -0.1) is 0 Å². The Morgan fingerprint density at radius 3 is 2.54 bits per heavy atom. The lowest BCUT2D eigenvalue weighted by Gasteiger charge is -2.04. The Hall–Kier alpha value is -3.63. The van der Waals surface area contributed by atoms with Crippen LogP contribution < -0.4 is 5.32 Å². The lowest BCUT2D eigenvalue weighted by atomic mass is 10.1. The van der Waals surface area contributed by atoms with Gasteiger partial charge in [-0.25, -0.2) is 4.79 Å². The van der Waals surface area contributed by atoms with Crippen LogP contribution in [0.25, 0.3) is 17.4 Å². The van der Waals surface area contributed by atoms with Crippen LogP contribution >= 0.6 is 15.9 Å². The van der Waals surface area contributed by atoms with E-state index in [0.29, 0.717) is 22.8 Å². The van der Waals surface area contributed by atoms with Gasteiger partial charge in [0.2, 0.25) is 0 Å². The Kier molecular flexibility index (Phi) is 5.72. The molecule has 0 atom stereocenters. The summed E-state index contributed by atoms with van der Waals surface area (Å²) in [5, 5.41) is 21.0. The molecule has 2 aromatic carbocycles. The Bertz CT molecular complexity index is 1110. The Morgan fingerprint density at radius 2 is 1.86 bits per heavy atom. The fourth-order valence-corrected chi connectivity index (χ4v) is 2.68. The van der Waals surface area contributed by atoms with Crippen molar-refractivity contribution in [1.29, 1.82) is 5.26 Å². The number of rotatable bonds is 5. The molecule has 0 fully saturated rings. The molecule has 138 valence electrons. The van der Waals surface area contributed by atoms with E-state index in [2.05, 4.69) is 21.2 Å². The molecule has 6 nitrogen and oxygen atoms in total. The molecule has 0 radical (unpaired) electrons. The minimum Gasteiger partial charge on any atom is -0.478 e. The predicted octanol–water partition coefficient (Wildman–Crippen LogP) is 4.95. The van der Waals surface area contributed by atoms with Gasteiger partial charge >= 0.3 is 5.97 Å². The summed E-state index contributed by atoms with van der Waals surface area (Å²) >= 11 is 3.31. The molecule has 0 aliphatic carbocycles. The number of hydrogen-bond donors (Lipinski definition) is 2. The van der Waals surface area contributed by atoms with E-state index in [0.717, 1.165) is 4.47 Å². The van der Waals surface area contributed by atoms with E-state index in [1.54, 1.807) is 48.5 Å². The molecule has 1 amide bonds. The number of aromatic carboxylic acids is 1. The van der Waals surface area contributed by atoms with Gasteiger partial charge in [-0.2, -0.15) is 5.26 Å². The molecule has 3 aromatic rings. The predicted molar refractivity (Wildman–Crippen MR) is 107 cm³/mol. The smallest absolute Gasteiger partial charge is 0.335 e. The highest BCUT2D eigenvalue weighted by Crippen LogP contribution is 2.24. The molecule has 2 N–H and O–H groups in total. The highest BCUT2D eigenvalue weighted by molar-refractivity contribution is 9.10. The molecule has 0 spiro atoms. The summed E-state index contributed by atoms with van der Waals surface area (Å²) in [6.07, 6.45) is 1.33. The summed E-state index contributed by atoms with van der Waals surface area (Å²) in [6, 6.07) is 18.4. The van der Waals surface area contributed by atoms with E-state index in [4.69, 9.17) is 9.52 Å². The number of furan rings is 1. The van der Waals surface area contributed by atoms with Crippen molar-refractivity contribution in [2.75, 3.05) is 5.32 Å². The van der Waals surface area contributed by atoms with Gasteiger partial charge in [0.1, 0.15) is 23.2 Å². The van der Waals surface area contributed by atoms with Crippen molar-refractivity contribution in [3.05, 3.63) is 82.0 Å². The summed E-state index contributed by atoms with van der Waals surface area (Å²) in [5.74, 6) is -0.862. The van der Waals surface area contributed by atoms with Crippen LogP contribution in [0.1, 0.15) is 16.1 Å². The van der Waals surface area contributed by atoms with Crippen molar-refractivity contribution in [1.82, 2.24) is 0 Å². The van der Waals surface area contributed by atoms with Crippen LogP contribution in [0.3, 0.4) is 0 Å². The van der Waals surface area contributed by atoms with Gasteiger partial charge in [-0.3, -0.25) is 4.79 Å². The van der Waals surface area contributed by atoms with Crippen LogP contribution in [0.15, 0.2) is 75.1 Å². The second-order valence-corrected chi connectivity index (χ2v) is 6.63. The molecular formula is C21H13BrN2O4. The summed E-state index contributed by atoms with van der Waals surface area (Å²) in [6.45, 7) is 0. The minimum absolute atomic E-state index is 0.122. The molecule has 1 aromatic heterocycles. The monoisotopic (exact) mass is 436 g/mol. The fourth-order valence-electron chi connectivity index (χ4n) is 2.41. The maximum absolute atomic E-state index is 12.3. The standard InChI is InChI=1S/C21H13BrN2O4/c22-16-4-6-17(7-5-16)24-20(25)15(12-23)11-18-8-9-19(28-18)13-2-1-3-14(10-13)21(26)27/h1-11H,(H,24,25)(H,26,27). The molecule has 0 saturated heterocycles. The summed E-state index contributed by atoms with van der Waals surface area (Å²) in [7, 11) is 0. The number of nitriles is 1. The van der Waals surface area contributed by atoms with E-state index in [-0.39, 0.29) is 11.1 Å². The molecule has 0 unspecified atom stereocenters. The zero-order valence-electron chi connectivity index (χ0n) is 14.3. The SMILES string of the molecule is N#CC(=Cc1ccc(-c2cccc(C(=O)O)c2)o1)C(=O)Nc1ccc(Br)cc1. The quantitative estimate of drug-likeness (QED) is 0.434. The van der Waals surface area contributed by atoms with Crippen molar-refractivity contribution in [3.8, 4) is 17.4 Å². The Balaban J connectivity index is 1.81. The van der Waals surface area contributed by atoms with Gasteiger partial charge in [0.15, 0.2) is 0 Å². The van der Waals surface area contributed by atoms with Crippen LogP contribution in [0, 0.1) is 11.3 Å². The molecule has 0 bridgehead atoms. The second kappa shape index (κ2) is 8.37. The van der Waals surface area contributed by atoms with E-state index in [9.17, 15) is 14.9 Å². The maximum Gasteiger partial charge on any atom is 0.335 e. The third-order valence-corrected chi connectivity index (χ3v) is 4.30.